The predicted molar refractivity (Wildman–Crippen MR) is 80.0 cm³/mol. The number of hydrogen-bond donors (Lipinski definition) is 2. The molecular formula is C14H20N6O. The van der Waals surface area contributed by atoms with Gasteiger partial charge in [0.2, 0.25) is 5.91 Å². The van der Waals surface area contributed by atoms with Crippen molar-refractivity contribution in [2.45, 2.75) is 39.2 Å². The van der Waals surface area contributed by atoms with E-state index in [-0.39, 0.29) is 5.91 Å². The van der Waals surface area contributed by atoms with Gasteiger partial charge in [-0.3, -0.25) is 4.79 Å². The van der Waals surface area contributed by atoms with Crippen molar-refractivity contribution in [1.29, 1.82) is 0 Å². The fraction of sp³-hybridized carbons (Fsp3) is 0.429. The molecule has 7 nitrogen and oxygen atoms in total. The van der Waals surface area contributed by atoms with Crippen LogP contribution in [0.25, 0.3) is 5.69 Å². The van der Waals surface area contributed by atoms with Gasteiger partial charge >= 0.3 is 0 Å². The number of aryl methyl sites for hydroxylation is 1. The summed E-state index contributed by atoms with van der Waals surface area (Å²) in [6.45, 7) is 4.03. The molecule has 2 aromatic rings. The van der Waals surface area contributed by atoms with Crippen molar-refractivity contribution < 1.29 is 4.79 Å². The SMILES string of the molecule is CCCCC(N)C(=O)Nc1ccc(C)c(-n2cnnn2)c1. The molecule has 0 radical (unpaired) electrons. The molecule has 1 amide bonds. The summed E-state index contributed by atoms with van der Waals surface area (Å²) in [6.07, 6.45) is 4.17. The van der Waals surface area contributed by atoms with Gasteiger partial charge in [0.1, 0.15) is 6.33 Å². The lowest BCUT2D eigenvalue weighted by molar-refractivity contribution is -0.117. The van der Waals surface area contributed by atoms with Crippen LogP contribution in [0.15, 0.2) is 24.5 Å². The van der Waals surface area contributed by atoms with Crippen molar-refractivity contribution in [1.82, 2.24) is 20.2 Å². The van der Waals surface area contributed by atoms with Crippen molar-refractivity contribution >= 4 is 11.6 Å². The molecule has 1 atom stereocenters. The number of amides is 1. The number of aromatic nitrogens is 4. The van der Waals surface area contributed by atoms with Crippen molar-refractivity contribution in [3.05, 3.63) is 30.1 Å². The van der Waals surface area contributed by atoms with Crippen molar-refractivity contribution in [2.75, 3.05) is 5.32 Å². The zero-order valence-electron chi connectivity index (χ0n) is 12.3. The molecule has 1 aromatic heterocycles. The molecule has 0 saturated heterocycles. The Kier molecular flexibility index (Phi) is 4.99. The van der Waals surface area contributed by atoms with Gasteiger partial charge in [-0.05, 0) is 41.5 Å². The lowest BCUT2D eigenvalue weighted by Gasteiger charge is -2.13. The third-order valence-electron chi connectivity index (χ3n) is 3.28. The van der Waals surface area contributed by atoms with Crippen LogP contribution in [-0.2, 0) is 4.79 Å². The standard InChI is InChI=1S/C14H20N6O/c1-3-4-5-12(15)14(21)17-11-7-6-10(2)13(8-11)20-9-16-18-19-20/h6-9,12H,3-5,15H2,1-2H3,(H,17,21). The van der Waals surface area contributed by atoms with Crippen LogP contribution in [0, 0.1) is 6.92 Å². The molecule has 0 fully saturated rings. The van der Waals surface area contributed by atoms with Gasteiger partial charge in [-0.2, -0.15) is 0 Å². The highest BCUT2D eigenvalue weighted by Crippen LogP contribution is 2.18. The largest absolute Gasteiger partial charge is 0.325 e. The van der Waals surface area contributed by atoms with Crippen LogP contribution < -0.4 is 11.1 Å². The van der Waals surface area contributed by atoms with E-state index in [4.69, 9.17) is 5.73 Å². The Hall–Kier alpha value is -2.28. The van der Waals surface area contributed by atoms with Crippen LogP contribution in [0.2, 0.25) is 0 Å². The van der Waals surface area contributed by atoms with Gasteiger partial charge in [0.05, 0.1) is 11.7 Å². The maximum Gasteiger partial charge on any atom is 0.241 e. The molecule has 0 aliphatic rings. The second kappa shape index (κ2) is 6.94. The third kappa shape index (κ3) is 3.85. The number of carbonyl (C=O) groups excluding carboxylic acids is 1. The van der Waals surface area contributed by atoms with Crippen molar-refractivity contribution in [3.8, 4) is 5.69 Å². The van der Waals surface area contributed by atoms with Crippen molar-refractivity contribution in [3.63, 3.8) is 0 Å². The molecule has 2 rings (SSSR count). The van der Waals surface area contributed by atoms with Gasteiger partial charge in [0.25, 0.3) is 0 Å². The Morgan fingerprint density at radius 3 is 2.95 bits per heavy atom. The quantitative estimate of drug-likeness (QED) is 0.837. The molecule has 0 aliphatic carbocycles. The lowest BCUT2D eigenvalue weighted by Crippen LogP contribution is -2.35. The first-order chi connectivity index (χ1) is 10.1. The summed E-state index contributed by atoms with van der Waals surface area (Å²) in [7, 11) is 0. The molecule has 0 aliphatic heterocycles. The number of hydrogen-bond acceptors (Lipinski definition) is 5. The van der Waals surface area contributed by atoms with Gasteiger partial charge < -0.3 is 11.1 Å². The fourth-order valence-corrected chi connectivity index (χ4v) is 2.00. The number of anilines is 1. The zero-order valence-corrected chi connectivity index (χ0v) is 12.3. The van der Waals surface area contributed by atoms with Crippen LogP contribution in [0.5, 0.6) is 0 Å². The minimum Gasteiger partial charge on any atom is -0.325 e. The van der Waals surface area contributed by atoms with E-state index < -0.39 is 6.04 Å². The maximum atomic E-state index is 12.0. The smallest absolute Gasteiger partial charge is 0.241 e. The number of rotatable bonds is 6. The molecule has 0 spiro atoms. The molecule has 7 heteroatoms. The van der Waals surface area contributed by atoms with Crippen LogP contribution in [0.1, 0.15) is 31.7 Å². The summed E-state index contributed by atoms with van der Waals surface area (Å²) < 4.78 is 1.56. The third-order valence-corrected chi connectivity index (χ3v) is 3.28. The summed E-state index contributed by atoms with van der Waals surface area (Å²) in [5.74, 6) is -0.171. The van der Waals surface area contributed by atoms with E-state index in [9.17, 15) is 4.79 Å². The minimum absolute atomic E-state index is 0.171. The molecule has 112 valence electrons. The second-order valence-corrected chi connectivity index (χ2v) is 4.99. The number of nitrogens with zero attached hydrogens (tertiary/aromatic N) is 4. The van der Waals surface area contributed by atoms with Gasteiger partial charge in [-0.1, -0.05) is 25.8 Å². The van der Waals surface area contributed by atoms with E-state index in [1.54, 1.807) is 4.68 Å². The Morgan fingerprint density at radius 2 is 2.29 bits per heavy atom. The van der Waals surface area contributed by atoms with E-state index in [0.29, 0.717) is 12.1 Å². The highest BCUT2D eigenvalue weighted by molar-refractivity contribution is 5.94. The molecule has 1 unspecified atom stereocenters. The summed E-state index contributed by atoms with van der Waals surface area (Å²) in [5, 5.41) is 13.9. The van der Waals surface area contributed by atoms with Gasteiger partial charge in [-0.15, -0.1) is 5.10 Å². The first-order valence-corrected chi connectivity index (χ1v) is 7.02. The summed E-state index contributed by atoms with van der Waals surface area (Å²) >= 11 is 0. The lowest BCUT2D eigenvalue weighted by atomic mass is 10.1. The molecule has 3 N–H and O–H groups in total. The zero-order chi connectivity index (χ0) is 15.2. The highest BCUT2D eigenvalue weighted by atomic mass is 16.2. The molecule has 1 aromatic carbocycles. The summed E-state index contributed by atoms with van der Waals surface area (Å²) in [4.78, 5) is 12.0. The second-order valence-electron chi connectivity index (χ2n) is 4.99. The molecule has 21 heavy (non-hydrogen) atoms. The Bertz CT molecular complexity index is 596. The predicted octanol–water partition coefficient (Wildman–Crippen LogP) is 1.43. The van der Waals surface area contributed by atoms with Gasteiger partial charge in [0, 0.05) is 5.69 Å². The Labute approximate surface area is 123 Å². The number of carbonyl (C=O) groups is 1. The molecular weight excluding hydrogens is 268 g/mol. The average molecular weight is 288 g/mol. The van der Waals surface area contributed by atoms with Crippen LogP contribution in [0.4, 0.5) is 5.69 Å². The monoisotopic (exact) mass is 288 g/mol. The average Bonchev–Trinajstić information content (AvgIpc) is 3.00. The van der Waals surface area contributed by atoms with E-state index in [0.717, 1.165) is 24.1 Å². The van der Waals surface area contributed by atoms with Crippen LogP contribution in [0.3, 0.4) is 0 Å². The first kappa shape index (κ1) is 15.1. The normalized spacial score (nSPS) is 12.1. The van der Waals surface area contributed by atoms with E-state index in [1.165, 1.54) is 6.33 Å². The first-order valence-electron chi connectivity index (χ1n) is 7.02. The Balaban J connectivity index is 2.11. The maximum absolute atomic E-state index is 12.0. The van der Waals surface area contributed by atoms with Crippen LogP contribution in [-0.4, -0.2) is 32.2 Å². The topological polar surface area (TPSA) is 98.7 Å². The fourth-order valence-electron chi connectivity index (χ4n) is 2.00. The van der Waals surface area contributed by atoms with E-state index in [2.05, 4.69) is 27.8 Å². The number of unbranched alkanes of at least 4 members (excludes halogenated alkanes) is 1. The van der Waals surface area contributed by atoms with E-state index >= 15 is 0 Å². The molecule has 0 saturated carbocycles. The number of nitrogens with one attached hydrogen (secondary N) is 1. The summed E-state index contributed by atoms with van der Waals surface area (Å²) in [6, 6.07) is 5.09. The number of nitrogens with two attached hydrogens (primary N) is 1. The number of benzene rings is 1. The Morgan fingerprint density at radius 1 is 1.48 bits per heavy atom. The molecule has 0 bridgehead atoms. The minimum atomic E-state index is -0.484. The van der Waals surface area contributed by atoms with E-state index in [1.807, 2.05) is 25.1 Å². The summed E-state index contributed by atoms with van der Waals surface area (Å²) in [5.41, 5.74) is 8.38. The molecule has 1 heterocycles. The van der Waals surface area contributed by atoms with Crippen LogP contribution >= 0.6 is 0 Å². The van der Waals surface area contributed by atoms with Gasteiger partial charge in [-0.25, -0.2) is 4.68 Å². The van der Waals surface area contributed by atoms with Gasteiger partial charge in [0.15, 0.2) is 0 Å². The number of tetrazole rings is 1. The van der Waals surface area contributed by atoms with Crippen molar-refractivity contribution in [2.24, 2.45) is 5.73 Å². The highest BCUT2D eigenvalue weighted by Gasteiger charge is 2.13.